The molecule has 2 atom stereocenters. The molecule has 5 heteroatoms. The summed E-state index contributed by atoms with van der Waals surface area (Å²) in [5.41, 5.74) is 7.18. The van der Waals surface area contributed by atoms with Crippen LogP contribution in [-0.4, -0.2) is 24.4 Å². The Morgan fingerprint density at radius 3 is 2.43 bits per heavy atom. The molecule has 2 aliphatic rings. The molecular formula is C16H24ClNO3. The number of fused-ring (bicyclic) bond motifs is 1. The zero-order chi connectivity index (χ0) is 13.9. The summed E-state index contributed by atoms with van der Waals surface area (Å²) in [6, 6.07) is 5.38. The van der Waals surface area contributed by atoms with Gasteiger partial charge in [-0.05, 0) is 36.5 Å². The third kappa shape index (κ3) is 3.62. The number of hydrogen-bond acceptors (Lipinski definition) is 4. The van der Waals surface area contributed by atoms with Crippen LogP contribution in [0.3, 0.4) is 0 Å². The highest BCUT2D eigenvalue weighted by Gasteiger charge is 2.28. The fourth-order valence-electron chi connectivity index (χ4n) is 3.23. The standard InChI is InChI=1S/C16H23NO3.ClH/c17-15(16(18)11-4-2-1-3-5-11)12-6-7-13-14(10-12)20-9-8-19-13;/h6-7,10-11,15-16,18H,1-5,8-9,17H2;1H/t15-,16+;/m0./s1. The van der Waals surface area contributed by atoms with Gasteiger partial charge in [0, 0.05) is 0 Å². The number of aliphatic hydroxyl groups is 1. The van der Waals surface area contributed by atoms with Crippen molar-refractivity contribution in [2.45, 2.75) is 44.2 Å². The monoisotopic (exact) mass is 313 g/mol. The smallest absolute Gasteiger partial charge is 0.161 e. The lowest BCUT2D eigenvalue weighted by Crippen LogP contribution is -2.34. The molecule has 1 saturated carbocycles. The SMILES string of the molecule is Cl.N[C@@H](c1ccc2c(c1)OCCO2)[C@H](O)C1CCCCC1. The number of ether oxygens (including phenoxy) is 2. The first-order valence-corrected chi connectivity index (χ1v) is 7.59. The van der Waals surface area contributed by atoms with Crippen LogP contribution in [0.1, 0.15) is 43.7 Å². The van der Waals surface area contributed by atoms with Crippen LogP contribution in [0.2, 0.25) is 0 Å². The van der Waals surface area contributed by atoms with E-state index in [2.05, 4.69) is 0 Å². The third-order valence-corrected chi connectivity index (χ3v) is 4.45. The molecule has 1 heterocycles. The molecule has 21 heavy (non-hydrogen) atoms. The maximum Gasteiger partial charge on any atom is 0.161 e. The summed E-state index contributed by atoms with van der Waals surface area (Å²) in [5, 5.41) is 10.5. The molecule has 1 fully saturated rings. The maximum absolute atomic E-state index is 10.5. The second kappa shape index (κ2) is 7.34. The predicted molar refractivity (Wildman–Crippen MR) is 84.2 cm³/mol. The molecule has 0 radical (unpaired) electrons. The highest BCUT2D eigenvalue weighted by molar-refractivity contribution is 5.85. The Morgan fingerprint density at radius 2 is 1.71 bits per heavy atom. The van der Waals surface area contributed by atoms with Crippen molar-refractivity contribution in [2.24, 2.45) is 11.7 Å². The molecule has 1 aliphatic heterocycles. The second-order valence-corrected chi connectivity index (χ2v) is 5.82. The van der Waals surface area contributed by atoms with Crippen molar-refractivity contribution in [3.63, 3.8) is 0 Å². The number of nitrogens with two attached hydrogens (primary N) is 1. The summed E-state index contributed by atoms with van der Waals surface area (Å²) in [4.78, 5) is 0. The van der Waals surface area contributed by atoms with E-state index in [9.17, 15) is 5.11 Å². The number of halogens is 1. The van der Waals surface area contributed by atoms with Gasteiger partial charge < -0.3 is 20.3 Å². The minimum Gasteiger partial charge on any atom is -0.486 e. The van der Waals surface area contributed by atoms with Crippen LogP contribution in [0.15, 0.2) is 18.2 Å². The summed E-state index contributed by atoms with van der Waals surface area (Å²) >= 11 is 0. The van der Waals surface area contributed by atoms with E-state index in [4.69, 9.17) is 15.2 Å². The summed E-state index contributed by atoms with van der Waals surface area (Å²) in [6.45, 7) is 1.15. The van der Waals surface area contributed by atoms with Crippen LogP contribution in [-0.2, 0) is 0 Å². The molecule has 0 amide bonds. The van der Waals surface area contributed by atoms with E-state index >= 15 is 0 Å². The maximum atomic E-state index is 10.5. The van der Waals surface area contributed by atoms with Gasteiger partial charge >= 0.3 is 0 Å². The van der Waals surface area contributed by atoms with Crippen LogP contribution in [0.5, 0.6) is 11.5 Å². The van der Waals surface area contributed by atoms with Gasteiger partial charge in [-0.1, -0.05) is 25.3 Å². The molecule has 1 aliphatic carbocycles. The van der Waals surface area contributed by atoms with Crippen molar-refractivity contribution in [2.75, 3.05) is 13.2 Å². The van der Waals surface area contributed by atoms with E-state index in [1.165, 1.54) is 19.3 Å². The Labute approximate surface area is 132 Å². The first kappa shape index (κ1) is 16.4. The van der Waals surface area contributed by atoms with Gasteiger partial charge in [-0.25, -0.2) is 0 Å². The molecule has 0 bridgehead atoms. The van der Waals surface area contributed by atoms with Gasteiger partial charge in [-0.3, -0.25) is 0 Å². The first-order chi connectivity index (χ1) is 9.75. The lowest BCUT2D eigenvalue weighted by atomic mass is 9.81. The highest BCUT2D eigenvalue weighted by Crippen LogP contribution is 2.35. The Morgan fingerprint density at radius 1 is 1.05 bits per heavy atom. The minimum absolute atomic E-state index is 0. The van der Waals surface area contributed by atoms with Crippen molar-refractivity contribution in [3.8, 4) is 11.5 Å². The molecule has 0 saturated heterocycles. The molecule has 0 unspecified atom stereocenters. The Balaban J connectivity index is 0.00000161. The topological polar surface area (TPSA) is 64.7 Å². The quantitative estimate of drug-likeness (QED) is 0.900. The van der Waals surface area contributed by atoms with Crippen molar-refractivity contribution < 1.29 is 14.6 Å². The predicted octanol–water partition coefficient (Wildman–Crippen LogP) is 2.82. The number of aliphatic hydroxyl groups excluding tert-OH is 1. The van der Waals surface area contributed by atoms with Gasteiger partial charge in [0.05, 0.1) is 12.1 Å². The molecule has 3 rings (SSSR count). The van der Waals surface area contributed by atoms with Gasteiger partial charge in [0.25, 0.3) is 0 Å². The van der Waals surface area contributed by atoms with Crippen LogP contribution < -0.4 is 15.2 Å². The second-order valence-electron chi connectivity index (χ2n) is 5.82. The average molecular weight is 314 g/mol. The molecule has 118 valence electrons. The highest BCUT2D eigenvalue weighted by atomic mass is 35.5. The number of hydrogen-bond donors (Lipinski definition) is 2. The van der Waals surface area contributed by atoms with Gasteiger partial charge in [0.15, 0.2) is 11.5 Å². The normalized spacial score (nSPS) is 21.2. The van der Waals surface area contributed by atoms with Crippen LogP contribution in [0.25, 0.3) is 0 Å². The van der Waals surface area contributed by atoms with Crippen LogP contribution in [0, 0.1) is 5.92 Å². The molecule has 1 aromatic carbocycles. The van der Waals surface area contributed by atoms with Crippen molar-refractivity contribution in [1.82, 2.24) is 0 Å². The zero-order valence-electron chi connectivity index (χ0n) is 12.2. The summed E-state index contributed by atoms with van der Waals surface area (Å²) in [5.74, 6) is 1.83. The summed E-state index contributed by atoms with van der Waals surface area (Å²) < 4.78 is 11.1. The van der Waals surface area contributed by atoms with Crippen LogP contribution >= 0.6 is 12.4 Å². The third-order valence-electron chi connectivity index (χ3n) is 4.45. The van der Waals surface area contributed by atoms with Crippen molar-refractivity contribution in [1.29, 1.82) is 0 Å². The Kier molecular flexibility index (Phi) is 5.73. The molecule has 1 aromatic rings. The molecule has 3 N–H and O–H groups in total. The molecule has 0 spiro atoms. The molecule has 0 aromatic heterocycles. The lowest BCUT2D eigenvalue weighted by molar-refractivity contribution is 0.0616. The largest absolute Gasteiger partial charge is 0.486 e. The number of benzene rings is 1. The van der Waals surface area contributed by atoms with E-state index in [-0.39, 0.29) is 18.4 Å². The van der Waals surface area contributed by atoms with Gasteiger partial charge in [-0.15, -0.1) is 12.4 Å². The van der Waals surface area contributed by atoms with Crippen molar-refractivity contribution >= 4 is 12.4 Å². The van der Waals surface area contributed by atoms with Gasteiger partial charge in [0.1, 0.15) is 13.2 Å². The fourth-order valence-corrected chi connectivity index (χ4v) is 3.23. The molecule has 4 nitrogen and oxygen atoms in total. The van der Waals surface area contributed by atoms with E-state index in [0.717, 1.165) is 29.9 Å². The van der Waals surface area contributed by atoms with Crippen LogP contribution in [0.4, 0.5) is 0 Å². The zero-order valence-corrected chi connectivity index (χ0v) is 13.0. The summed E-state index contributed by atoms with van der Waals surface area (Å²) in [7, 11) is 0. The van der Waals surface area contributed by atoms with Gasteiger partial charge in [-0.2, -0.15) is 0 Å². The Bertz CT molecular complexity index is 463. The molecular weight excluding hydrogens is 290 g/mol. The van der Waals surface area contributed by atoms with E-state index < -0.39 is 6.10 Å². The minimum atomic E-state index is -0.474. The first-order valence-electron chi connectivity index (χ1n) is 7.59. The van der Waals surface area contributed by atoms with E-state index in [1.807, 2.05) is 18.2 Å². The van der Waals surface area contributed by atoms with E-state index in [1.54, 1.807) is 0 Å². The van der Waals surface area contributed by atoms with Crippen molar-refractivity contribution in [3.05, 3.63) is 23.8 Å². The Hall–Kier alpha value is -0.970. The summed E-state index contributed by atoms with van der Waals surface area (Å²) in [6.07, 6.45) is 5.38. The number of rotatable bonds is 3. The van der Waals surface area contributed by atoms with E-state index in [0.29, 0.717) is 19.1 Å². The lowest BCUT2D eigenvalue weighted by Gasteiger charge is -2.31. The van der Waals surface area contributed by atoms with Gasteiger partial charge in [0.2, 0.25) is 0 Å². The average Bonchev–Trinajstić information content (AvgIpc) is 2.54. The fraction of sp³-hybridized carbons (Fsp3) is 0.625.